The number of nitrogens with zero attached hydrogens (tertiary/aromatic N) is 5. The summed E-state index contributed by atoms with van der Waals surface area (Å²) < 4.78 is 0. The highest BCUT2D eigenvalue weighted by molar-refractivity contribution is 5.45. The molecule has 2 unspecified atom stereocenters. The van der Waals surface area contributed by atoms with E-state index in [9.17, 15) is 5.11 Å². The van der Waals surface area contributed by atoms with Crippen molar-refractivity contribution in [2.45, 2.75) is 38.6 Å². The Balaban J connectivity index is 1.87. The third-order valence-corrected chi connectivity index (χ3v) is 4.59. The number of nitrogens with two attached hydrogens (primary N) is 1. The third kappa shape index (κ3) is 2.88. The molecule has 116 valence electrons. The number of hydrogen-bond acceptors (Lipinski definition) is 7. The van der Waals surface area contributed by atoms with Crippen molar-refractivity contribution in [2.75, 3.05) is 41.8 Å². The third-order valence-electron chi connectivity index (χ3n) is 4.59. The average molecular weight is 292 g/mol. The lowest BCUT2D eigenvalue weighted by molar-refractivity contribution is 0.244. The Morgan fingerprint density at radius 3 is 2.52 bits per heavy atom. The van der Waals surface area contributed by atoms with Gasteiger partial charge in [0.1, 0.15) is 0 Å². The maximum atomic E-state index is 9.60. The second kappa shape index (κ2) is 6.01. The summed E-state index contributed by atoms with van der Waals surface area (Å²) in [5, 5.41) is 9.60. The molecule has 1 aromatic rings. The first-order chi connectivity index (χ1) is 10.2. The van der Waals surface area contributed by atoms with E-state index >= 15 is 0 Å². The second-order valence-corrected chi connectivity index (χ2v) is 6.05. The predicted molar refractivity (Wildman–Crippen MR) is 82.3 cm³/mol. The van der Waals surface area contributed by atoms with Gasteiger partial charge in [0.15, 0.2) is 0 Å². The van der Waals surface area contributed by atoms with E-state index in [0.717, 1.165) is 26.1 Å². The van der Waals surface area contributed by atoms with E-state index in [-0.39, 0.29) is 18.6 Å². The lowest BCUT2D eigenvalue weighted by Gasteiger charge is -2.29. The molecule has 2 aliphatic heterocycles. The van der Waals surface area contributed by atoms with Gasteiger partial charge in [0.25, 0.3) is 0 Å². The summed E-state index contributed by atoms with van der Waals surface area (Å²) in [6.45, 7) is 5.07. The van der Waals surface area contributed by atoms with Crippen molar-refractivity contribution in [1.82, 2.24) is 15.0 Å². The molecule has 2 aliphatic rings. The zero-order chi connectivity index (χ0) is 14.8. The van der Waals surface area contributed by atoms with E-state index in [2.05, 4.69) is 31.7 Å². The van der Waals surface area contributed by atoms with Crippen molar-refractivity contribution >= 4 is 17.8 Å². The van der Waals surface area contributed by atoms with Crippen molar-refractivity contribution in [3.05, 3.63) is 0 Å². The van der Waals surface area contributed by atoms with Crippen LogP contribution in [0.15, 0.2) is 0 Å². The molecule has 7 heteroatoms. The van der Waals surface area contributed by atoms with Gasteiger partial charge in [-0.2, -0.15) is 15.0 Å². The molecule has 0 saturated carbocycles. The first kappa shape index (κ1) is 14.3. The predicted octanol–water partition coefficient (Wildman–Crippen LogP) is 0.651. The van der Waals surface area contributed by atoms with Gasteiger partial charge in [0.2, 0.25) is 17.8 Å². The lowest BCUT2D eigenvalue weighted by Crippen LogP contribution is -2.37. The van der Waals surface area contributed by atoms with E-state index in [0.29, 0.717) is 17.8 Å². The molecule has 21 heavy (non-hydrogen) atoms. The van der Waals surface area contributed by atoms with Crippen LogP contribution in [-0.2, 0) is 0 Å². The molecule has 1 aromatic heterocycles. The van der Waals surface area contributed by atoms with Crippen LogP contribution in [0, 0.1) is 5.92 Å². The zero-order valence-corrected chi connectivity index (χ0v) is 12.6. The monoisotopic (exact) mass is 292 g/mol. The van der Waals surface area contributed by atoms with Crippen LogP contribution in [0.3, 0.4) is 0 Å². The highest BCUT2D eigenvalue weighted by atomic mass is 16.3. The molecule has 7 nitrogen and oxygen atoms in total. The Kier molecular flexibility index (Phi) is 4.10. The Labute approximate surface area is 125 Å². The van der Waals surface area contributed by atoms with Crippen molar-refractivity contribution < 1.29 is 5.11 Å². The smallest absolute Gasteiger partial charge is 0.232 e. The molecule has 0 aliphatic carbocycles. The van der Waals surface area contributed by atoms with Gasteiger partial charge in [0.05, 0.1) is 12.6 Å². The number of nitrogen functional groups attached to an aromatic ring is 1. The molecule has 3 N–H and O–H groups in total. The normalized spacial score (nSPS) is 26.4. The van der Waals surface area contributed by atoms with Crippen molar-refractivity contribution in [3.8, 4) is 0 Å². The minimum Gasteiger partial charge on any atom is -0.394 e. The Hall–Kier alpha value is -1.63. The topological polar surface area (TPSA) is 91.4 Å². The highest BCUT2D eigenvalue weighted by Gasteiger charge is 2.33. The maximum absolute atomic E-state index is 9.60. The molecule has 2 saturated heterocycles. The fourth-order valence-electron chi connectivity index (χ4n) is 3.27. The molecule has 0 aromatic carbocycles. The summed E-state index contributed by atoms with van der Waals surface area (Å²) in [4.78, 5) is 17.4. The van der Waals surface area contributed by atoms with Gasteiger partial charge in [0, 0.05) is 19.6 Å². The summed E-state index contributed by atoms with van der Waals surface area (Å²) in [5.41, 5.74) is 5.88. The first-order valence-corrected chi connectivity index (χ1v) is 7.83. The van der Waals surface area contributed by atoms with Crippen molar-refractivity contribution in [3.63, 3.8) is 0 Å². The zero-order valence-electron chi connectivity index (χ0n) is 12.6. The van der Waals surface area contributed by atoms with Gasteiger partial charge in [-0.05, 0) is 31.6 Å². The van der Waals surface area contributed by atoms with E-state index in [1.807, 2.05) is 0 Å². The first-order valence-electron chi connectivity index (χ1n) is 7.83. The number of rotatable bonds is 3. The summed E-state index contributed by atoms with van der Waals surface area (Å²) in [6.07, 6.45) is 4.64. The average Bonchev–Trinajstić information content (AvgIpc) is 2.88. The quantitative estimate of drug-likeness (QED) is 0.845. The molecule has 3 rings (SSSR count). The van der Waals surface area contributed by atoms with Crippen LogP contribution in [0.25, 0.3) is 0 Å². The molecule has 0 bridgehead atoms. The van der Waals surface area contributed by atoms with Gasteiger partial charge in [-0.3, -0.25) is 0 Å². The fourth-order valence-corrected chi connectivity index (χ4v) is 3.27. The summed E-state index contributed by atoms with van der Waals surface area (Å²) in [7, 11) is 0. The Morgan fingerprint density at radius 2 is 1.81 bits per heavy atom. The van der Waals surface area contributed by atoms with E-state index in [1.165, 1.54) is 19.3 Å². The van der Waals surface area contributed by atoms with Crippen LogP contribution >= 0.6 is 0 Å². The minimum absolute atomic E-state index is 0.0704. The maximum Gasteiger partial charge on any atom is 0.232 e. The van der Waals surface area contributed by atoms with Gasteiger partial charge in [-0.25, -0.2) is 0 Å². The number of aliphatic hydroxyl groups is 1. The van der Waals surface area contributed by atoms with E-state index < -0.39 is 0 Å². The lowest BCUT2D eigenvalue weighted by atomic mass is 10.0. The highest BCUT2D eigenvalue weighted by Crippen LogP contribution is 2.28. The van der Waals surface area contributed by atoms with Crippen LogP contribution in [0.4, 0.5) is 17.8 Å². The molecular formula is C14H24N6O. The summed E-state index contributed by atoms with van der Waals surface area (Å²) in [5.74, 6) is 1.98. The van der Waals surface area contributed by atoms with Gasteiger partial charge < -0.3 is 20.6 Å². The Bertz CT molecular complexity index is 490. The molecule has 0 amide bonds. The number of anilines is 3. The van der Waals surface area contributed by atoms with Crippen LogP contribution in [0.1, 0.15) is 32.6 Å². The van der Waals surface area contributed by atoms with E-state index in [1.54, 1.807) is 0 Å². The largest absolute Gasteiger partial charge is 0.394 e. The molecular weight excluding hydrogens is 268 g/mol. The molecule has 0 spiro atoms. The number of hydrogen-bond donors (Lipinski definition) is 2. The van der Waals surface area contributed by atoms with Gasteiger partial charge in [-0.1, -0.05) is 6.92 Å². The molecule has 2 fully saturated rings. The standard InChI is InChI=1S/C14H24N6O/c1-10-5-8-20(11(10)9-21)14-17-12(15)16-13(18-14)19-6-3-2-4-7-19/h10-11,21H,2-9H2,1H3,(H2,15,16,17,18). The Morgan fingerprint density at radius 1 is 1.10 bits per heavy atom. The summed E-state index contributed by atoms with van der Waals surface area (Å²) in [6, 6.07) is 0.0704. The van der Waals surface area contributed by atoms with Crippen LogP contribution in [0.2, 0.25) is 0 Å². The second-order valence-electron chi connectivity index (χ2n) is 6.05. The summed E-state index contributed by atoms with van der Waals surface area (Å²) >= 11 is 0. The molecule has 2 atom stereocenters. The number of aliphatic hydroxyl groups excluding tert-OH is 1. The van der Waals surface area contributed by atoms with Crippen LogP contribution in [0.5, 0.6) is 0 Å². The molecule has 0 radical (unpaired) electrons. The number of aromatic nitrogens is 3. The minimum atomic E-state index is 0.0704. The van der Waals surface area contributed by atoms with Gasteiger partial charge >= 0.3 is 0 Å². The van der Waals surface area contributed by atoms with E-state index in [4.69, 9.17) is 5.73 Å². The van der Waals surface area contributed by atoms with Crippen molar-refractivity contribution in [1.29, 1.82) is 0 Å². The molecule has 3 heterocycles. The fraction of sp³-hybridized carbons (Fsp3) is 0.786. The van der Waals surface area contributed by atoms with Crippen LogP contribution < -0.4 is 15.5 Å². The van der Waals surface area contributed by atoms with Crippen LogP contribution in [-0.4, -0.2) is 52.3 Å². The number of piperidine rings is 1. The SMILES string of the molecule is CC1CCN(c2nc(N)nc(N3CCCCC3)n2)C1CO. The van der Waals surface area contributed by atoms with Crippen molar-refractivity contribution in [2.24, 2.45) is 5.92 Å². The van der Waals surface area contributed by atoms with Gasteiger partial charge in [-0.15, -0.1) is 0 Å².